The number of hydrogen-bond acceptors (Lipinski definition) is 7. The molecule has 42 heavy (non-hydrogen) atoms. The van der Waals surface area contributed by atoms with Crippen LogP contribution < -0.4 is 19.5 Å². The molecule has 216 valence electrons. The van der Waals surface area contributed by atoms with Crippen LogP contribution in [0.5, 0.6) is 17.2 Å². The van der Waals surface area contributed by atoms with E-state index in [4.69, 9.17) is 14.2 Å². The molecule has 0 aliphatic carbocycles. The molecule has 4 aromatic rings. The molecule has 5 rings (SSSR count). The second-order valence-corrected chi connectivity index (χ2v) is 10.2. The number of rotatable bonds is 9. The summed E-state index contributed by atoms with van der Waals surface area (Å²) in [6.07, 6.45) is 2.15. The Morgan fingerprint density at radius 1 is 0.857 bits per heavy atom. The first-order chi connectivity index (χ1) is 20.3. The summed E-state index contributed by atoms with van der Waals surface area (Å²) in [5, 5.41) is 14.7. The van der Waals surface area contributed by atoms with E-state index in [0.717, 1.165) is 42.8 Å². The number of nitro benzene ring substituents is 1. The van der Waals surface area contributed by atoms with Gasteiger partial charge in [0.1, 0.15) is 29.0 Å². The molecule has 0 atom stereocenters. The molecule has 9 nitrogen and oxygen atoms in total. The molecular weight excluding hydrogens is 534 g/mol. The molecule has 1 heterocycles. The Hall–Kier alpha value is -4.89. The highest BCUT2D eigenvalue weighted by Gasteiger charge is 2.21. The minimum absolute atomic E-state index is 0.106. The summed E-state index contributed by atoms with van der Waals surface area (Å²) in [5.41, 5.74) is 3.20. The maximum absolute atomic E-state index is 13.3. The Labute approximate surface area is 244 Å². The molecule has 0 radical (unpaired) electrons. The van der Waals surface area contributed by atoms with Crippen molar-refractivity contribution in [3.8, 4) is 39.5 Å². The van der Waals surface area contributed by atoms with Gasteiger partial charge in [0.05, 0.1) is 19.1 Å². The van der Waals surface area contributed by atoms with Gasteiger partial charge in [0.15, 0.2) is 0 Å². The maximum Gasteiger partial charge on any atom is 0.293 e. The summed E-state index contributed by atoms with van der Waals surface area (Å²) < 4.78 is 17.0. The van der Waals surface area contributed by atoms with Crippen LogP contribution >= 0.6 is 0 Å². The lowest BCUT2D eigenvalue weighted by Gasteiger charge is -2.29. The molecular formula is C33H33N3O6. The molecule has 1 N–H and O–H groups in total. The monoisotopic (exact) mass is 567 g/mol. The third kappa shape index (κ3) is 6.53. The lowest BCUT2D eigenvalue weighted by atomic mass is 10.0. The van der Waals surface area contributed by atoms with Crippen molar-refractivity contribution >= 4 is 17.3 Å². The Morgan fingerprint density at radius 2 is 1.60 bits per heavy atom. The molecule has 0 unspecified atom stereocenters. The lowest BCUT2D eigenvalue weighted by Crippen LogP contribution is -2.35. The van der Waals surface area contributed by atoms with Gasteiger partial charge in [-0.1, -0.05) is 30.3 Å². The molecule has 1 saturated heterocycles. The van der Waals surface area contributed by atoms with Gasteiger partial charge in [0, 0.05) is 30.3 Å². The number of hydrogen-bond donors (Lipinski definition) is 1. The zero-order valence-electron chi connectivity index (χ0n) is 23.8. The van der Waals surface area contributed by atoms with Gasteiger partial charge in [-0.3, -0.25) is 14.9 Å². The molecule has 0 bridgehead atoms. The average molecular weight is 568 g/mol. The topological polar surface area (TPSA) is 103 Å². The standard InChI is InChI=1S/C33H33N3O6/c1-35-17-15-27(16-18-35)42-26-11-7-22(8-12-26)23-9-13-30(31(21-23)36(38)39)34-33(37)25-10-14-32(41-3)29(20-25)24-5-4-6-28(19-24)40-2/h4-14,19-21,27H,15-18H2,1-3H3,(H,34,37). The summed E-state index contributed by atoms with van der Waals surface area (Å²) >= 11 is 0. The SMILES string of the molecule is COc1cccc(-c2cc(C(=O)Nc3ccc(-c4ccc(OC5CCN(C)CC5)cc4)cc3[N+](=O)[O-])ccc2OC)c1. The zero-order chi connectivity index (χ0) is 29.6. The number of anilines is 1. The first-order valence-corrected chi connectivity index (χ1v) is 13.7. The first-order valence-electron chi connectivity index (χ1n) is 13.7. The molecule has 1 amide bonds. The van der Waals surface area contributed by atoms with Gasteiger partial charge in [0.2, 0.25) is 0 Å². The van der Waals surface area contributed by atoms with E-state index in [1.165, 1.54) is 6.07 Å². The number of likely N-dealkylation sites (tertiary alicyclic amines) is 1. The van der Waals surface area contributed by atoms with Crippen molar-refractivity contribution in [2.45, 2.75) is 18.9 Å². The number of piperidine rings is 1. The smallest absolute Gasteiger partial charge is 0.293 e. The van der Waals surface area contributed by atoms with Crippen molar-refractivity contribution < 1.29 is 23.9 Å². The molecule has 1 fully saturated rings. The molecule has 4 aromatic carbocycles. The number of nitro groups is 1. The molecule has 9 heteroatoms. The highest BCUT2D eigenvalue weighted by atomic mass is 16.6. The number of carbonyl (C=O) groups excluding carboxylic acids is 1. The Bertz CT molecular complexity index is 1580. The van der Waals surface area contributed by atoms with Crippen LogP contribution in [0.25, 0.3) is 22.3 Å². The number of nitrogens with one attached hydrogen (secondary N) is 1. The van der Waals surface area contributed by atoms with E-state index >= 15 is 0 Å². The summed E-state index contributed by atoms with van der Waals surface area (Å²) in [7, 11) is 5.25. The summed E-state index contributed by atoms with van der Waals surface area (Å²) in [6, 6.07) is 24.7. The van der Waals surface area contributed by atoms with E-state index in [-0.39, 0.29) is 17.5 Å². The quantitative estimate of drug-likeness (QED) is 0.178. The predicted molar refractivity (Wildman–Crippen MR) is 163 cm³/mol. The van der Waals surface area contributed by atoms with Gasteiger partial charge >= 0.3 is 0 Å². The molecule has 1 aliphatic rings. The average Bonchev–Trinajstić information content (AvgIpc) is 3.02. The third-order valence-corrected chi connectivity index (χ3v) is 7.44. The van der Waals surface area contributed by atoms with E-state index < -0.39 is 10.8 Å². The van der Waals surface area contributed by atoms with Crippen LogP contribution in [-0.2, 0) is 0 Å². The van der Waals surface area contributed by atoms with Crippen molar-refractivity contribution in [2.24, 2.45) is 0 Å². The third-order valence-electron chi connectivity index (χ3n) is 7.44. The van der Waals surface area contributed by atoms with Crippen LogP contribution in [0.4, 0.5) is 11.4 Å². The largest absolute Gasteiger partial charge is 0.497 e. The number of nitrogens with zero attached hydrogens (tertiary/aromatic N) is 2. The minimum atomic E-state index is -0.494. The van der Waals surface area contributed by atoms with Crippen LogP contribution in [0.15, 0.2) is 84.9 Å². The van der Waals surface area contributed by atoms with Crippen molar-refractivity contribution in [1.29, 1.82) is 0 Å². The van der Waals surface area contributed by atoms with E-state index in [0.29, 0.717) is 28.2 Å². The Morgan fingerprint density at radius 3 is 2.29 bits per heavy atom. The number of methoxy groups -OCH3 is 2. The van der Waals surface area contributed by atoms with E-state index in [2.05, 4.69) is 17.3 Å². The number of benzene rings is 4. The number of ether oxygens (including phenoxy) is 3. The second-order valence-electron chi connectivity index (χ2n) is 10.2. The zero-order valence-corrected chi connectivity index (χ0v) is 23.8. The Balaban J connectivity index is 1.35. The number of carbonyl (C=O) groups is 1. The summed E-state index contributed by atoms with van der Waals surface area (Å²) in [6.45, 7) is 2.02. The van der Waals surface area contributed by atoms with Crippen LogP contribution in [0, 0.1) is 10.1 Å². The fraction of sp³-hybridized carbons (Fsp3) is 0.242. The summed E-state index contributed by atoms with van der Waals surface area (Å²) in [5.74, 6) is 1.55. The minimum Gasteiger partial charge on any atom is -0.497 e. The second kappa shape index (κ2) is 12.7. The maximum atomic E-state index is 13.3. The highest BCUT2D eigenvalue weighted by Crippen LogP contribution is 2.35. The lowest BCUT2D eigenvalue weighted by molar-refractivity contribution is -0.383. The van der Waals surface area contributed by atoms with Gasteiger partial charge in [-0.2, -0.15) is 0 Å². The van der Waals surface area contributed by atoms with Crippen molar-refractivity contribution in [1.82, 2.24) is 4.90 Å². The van der Waals surface area contributed by atoms with Crippen molar-refractivity contribution in [2.75, 3.05) is 39.7 Å². The van der Waals surface area contributed by atoms with E-state index in [9.17, 15) is 14.9 Å². The van der Waals surface area contributed by atoms with Gasteiger partial charge < -0.3 is 24.4 Å². The fourth-order valence-corrected chi connectivity index (χ4v) is 5.05. The van der Waals surface area contributed by atoms with Crippen LogP contribution in [-0.4, -0.2) is 56.2 Å². The predicted octanol–water partition coefficient (Wildman–Crippen LogP) is 6.67. The molecule has 0 aromatic heterocycles. The van der Waals surface area contributed by atoms with E-state index in [1.807, 2.05) is 48.5 Å². The van der Waals surface area contributed by atoms with E-state index in [1.54, 1.807) is 44.6 Å². The number of amides is 1. The molecule has 0 spiro atoms. The normalized spacial score (nSPS) is 13.8. The Kier molecular flexibility index (Phi) is 8.68. The fourth-order valence-electron chi connectivity index (χ4n) is 5.05. The van der Waals surface area contributed by atoms with Gasteiger partial charge in [0.25, 0.3) is 11.6 Å². The van der Waals surface area contributed by atoms with Crippen molar-refractivity contribution in [3.63, 3.8) is 0 Å². The van der Waals surface area contributed by atoms with Crippen LogP contribution in [0.1, 0.15) is 23.2 Å². The molecule has 1 aliphatic heterocycles. The van der Waals surface area contributed by atoms with Gasteiger partial charge in [-0.05, 0) is 85.1 Å². The van der Waals surface area contributed by atoms with Gasteiger partial charge in [-0.15, -0.1) is 0 Å². The van der Waals surface area contributed by atoms with Crippen LogP contribution in [0.2, 0.25) is 0 Å². The van der Waals surface area contributed by atoms with Crippen molar-refractivity contribution in [3.05, 3.63) is 101 Å². The molecule has 0 saturated carbocycles. The first kappa shape index (κ1) is 28.6. The summed E-state index contributed by atoms with van der Waals surface area (Å²) in [4.78, 5) is 27.1. The van der Waals surface area contributed by atoms with Gasteiger partial charge in [-0.25, -0.2) is 0 Å². The highest BCUT2D eigenvalue weighted by molar-refractivity contribution is 6.06. The van der Waals surface area contributed by atoms with Crippen LogP contribution in [0.3, 0.4) is 0 Å².